The molecule has 0 radical (unpaired) electrons. The van der Waals surface area contributed by atoms with Gasteiger partial charge in [0.2, 0.25) is 0 Å². The Balaban J connectivity index is 0.000000235. The molecule has 394 valence electrons. The molecule has 5 heterocycles. The molecule has 2 N–H and O–H groups in total. The third-order valence-corrected chi connectivity index (χ3v) is 20.4. The second kappa shape index (κ2) is 24.5. The number of urea groups is 1. The summed E-state index contributed by atoms with van der Waals surface area (Å²) in [6.45, 7) is 33.0. The zero-order valence-electron chi connectivity index (χ0n) is 45.2. The van der Waals surface area contributed by atoms with Crippen LogP contribution in [0.1, 0.15) is 74.6 Å². The molecule has 4 aromatic heterocycles. The molecule has 21 heteroatoms. The molecule has 0 bridgehead atoms. The van der Waals surface area contributed by atoms with E-state index >= 15 is 0 Å². The van der Waals surface area contributed by atoms with Gasteiger partial charge in [0.15, 0.2) is 11.3 Å². The van der Waals surface area contributed by atoms with Crippen LogP contribution in [0.25, 0.3) is 11.3 Å². The quantitative estimate of drug-likeness (QED) is 0.0294. The van der Waals surface area contributed by atoms with Gasteiger partial charge in [0.1, 0.15) is 49.9 Å². The number of rotatable bonds is 24. The van der Waals surface area contributed by atoms with Crippen molar-refractivity contribution in [3.05, 3.63) is 48.0 Å². The highest BCUT2D eigenvalue weighted by Gasteiger charge is 2.48. The molecule has 17 nitrogen and oxygen atoms in total. The molecule has 1 saturated heterocycles. The van der Waals surface area contributed by atoms with Crippen LogP contribution in [0.3, 0.4) is 0 Å². The average molecular weight is 1050 g/mol. The number of aromatic nitrogens is 6. The summed E-state index contributed by atoms with van der Waals surface area (Å²) in [5.74, 6) is 2.49. The van der Waals surface area contributed by atoms with Crippen LogP contribution in [0, 0.1) is 0 Å². The molecule has 7 rings (SSSR count). The van der Waals surface area contributed by atoms with Gasteiger partial charge in [0.25, 0.3) is 5.91 Å². The van der Waals surface area contributed by atoms with E-state index in [-0.39, 0.29) is 11.8 Å². The van der Waals surface area contributed by atoms with Crippen LogP contribution < -0.4 is 20.4 Å². The summed E-state index contributed by atoms with van der Waals surface area (Å²) in [6.07, 6.45) is 9.32. The molecule has 2 aliphatic carbocycles. The monoisotopic (exact) mass is 1050 g/mol. The number of imide groups is 1. The minimum Gasteiger partial charge on any atom is -0.361 e. The van der Waals surface area contributed by atoms with Crippen molar-refractivity contribution in [2.24, 2.45) is 0 Å². The smallest absolute Gasteiger partial charge is 0.322 e. The van der Waals surface area contributed by atoms with Crippen LogP contribution in [-0.4, -0.2) is 138 Å². The number of carbonyl (C=O) groups excluding carboxylic acids is 3. The topological polar surface area (TPSA) is 179 Å². The third-order valence-electron chi connectivity index (χ3n) is 13.6. The summed E-state index contributed by atoms with van der Waals surface area (Å²) in [5.41, 5.74) is 2.84. The lowest BCUT2D eigenvalue weighted by molar-refractivity contribution is -0.125. The number of ether oxygens (including phenoxy) is 4. The van der Waals surface area contributed by atoms with Crippen LogP contribution in [0.5, 0.6) is 0 Å². The number of ketones is 1. The van der Waals surface area contributed by atoms with Crippen molar-refractivity contribution in [3.8, 4) is 0 Å². The zero-order chi connectivity index (χ0) is 51.6. The molecule has 3 amide bonds. The molecule has 1 spiro atoms. The van der Waals surface area contributed by atoms with E-state index in [1.807, 2.05) is 21.2 Å². The molecule has 0 aromatic carbocycles. The van der Waals surface area contributed by atoms with Crippen molar-refractivity contribution in [2.45, 2.75) is 171 Å². The molecule has 1 aliphatic heterocycles. The minimum atomic E-state index is -1.20. The van der Waals surface area contributed by atoms with E-state index in [1.165, 1.54) is 0 Å². The van der Waals surface area contributed by atoms with Gasteiger partial charge in [0, 0.05) is 119 Å². The SMILES string of the molecule is C[Si](C)(C)CCOCN(COCC[Si](C)(C)C)c1cc(C2CCC(=O)CC2)nc2ccnn12.C[Si](C)(C)CCOCN(COCC[Si](C)(C)C)c1cc(C2CCC3(CC2)NC(=O)NC3=O)nc2ccnn12. The van der Waals surface area contributed by atoms with Crippen molar-refractivity contribution in [2.75, 3.05) is 63.2 Å². The summed E-state index contributed by atoms with van der Waals surface area (Å²) in [5, 5.41) is 14.3. The Kier molecular flexibility index (Phi) is 19.4. The number of carbonyl (C=O) groups is 3. The highest BCUT2D eigenvalue weighted by molar-refractivity contribution is 6.77. The van der Waals surface area contributed by atoms with E-state index in [0.29, 0.717) is 64.3 Å². The van der Waals surface area contributed by atoms with Gasteiger partial charge in [-0.3, -0.25) is 14.9 Å². The van der Waals surface area contributed by atoms with Gasteiger partial charge in [-0.25, -0.2) is 14.8 Å². The number of Topliss-reactive ketones (excluding diaryl/α,β-unsaturated/α-hetero) is 1. The molecule has 3 aliphatic rings. The fraction of sp³-hybridized carbons (Fsp3) is 0.700. The number of fused-ring (bicyclic) bond motifs is 2. The van der Waals surface area contributed by atoms with Crippen molar-refractivity contribution in [3.63, 3.8) is 0 Å². The number of anilines is 2. The Morgan fingerprint density at radius 3 is 1.28 bits per heavy atom. The molecular formula is C50H86N10O7Si4. The van der Waals surface area contributed by atoms with Gasteiger partial charge in [-0.2, -0.15) is 19.2 Å². The average Bonchev–Trinajstić information content (AvgIpc) is 4.03. The van der Waals surface area contributed by atoms with Crippen LogP contribution in [0.15, 0.2) is 36.7 Å². The molecule has 4 aromatic rings. The van der Waals surface area contributed by atoms with Gasteiger partial charge in [-0.15, -0.1) is 0 Å². The van der Waals surface area contributed by atoms with Gasteiger partial charge < -0.3 is 34.1 Å². The lowest BCUT2D eigenvalue weighted by Crippen LogP contribution is -2.49. The first-order chi connectivity index (χ1) is 33.4. The van der Waals surface area contributed by atoms with E-state index in [4.69, 9.17) is 28.9 Å². The molecule has 2 saturated carbocycles. The molecule has 3 fully saturated rings. The molecule has 0 unspecified atom stereocenters. The highest BCUT2D eigenvalue weighted by Crippen LogP contribution is 2.40. The van der Waals surface area contributed by atoms with E-state index in [2.05, 4.69) is 121 Å². The summed E-state index contributed by atoms with van der Waals surface area (Å²) in [4.78, 5) is 50.0. The van der Waals surface area contributed by atoms with Crippen LogP contribution in [0.2, 0.25) is 103 Å². The highest BCUT2D eigenvalue weighted by atomic mass is 28.3. The standard InChI is InChI=1S/C26H44N6O4Si2.C24H42N4O3Si2/c1-37(2,3)15-13-35-18-31(19-36-14-16-38(4,5)6)23-17-21(28-22-9-12-27-32(22)23)20-7-10-26(11-8-20)24(33)29-25(34)30-26;1-32(2,3)15-13-30-18-27(19-31-14-16-33(4,5)6)24-17-22(20-7-9-21(29)10-8-20)26-23-11-12-25-28(23)24/h9,12,17,20H,7-8,10-11,13-16,18-19H2,1-6H3,(H2,29,30,33,34);11-12,17,20H,7-10,13-16,18-19H2,1-6H3. The fourth-order valence-electron chi connectivity index (χ4n) is 8.77. The Labute approximate surface area is 426 Å². The lowest BCUT2D eigenvalue weighted by atomic mass is 9.75. The van der Waals surface area contributed by atoms with E-state index in [1.54, 1.807) is 12.4 Å². The first-order valence-electron chi connectivity index (χ1n) is 26.0. The van der Waals surface area contributed by atoms with Crippen molar-refractivity contribution >= 4 is 72.9 Å². The second-order valence-electron chi connectivity index (χ2n) is 24.8. The Hall–Kier alpha value is -3.84. The first-order valence-corrected chi connectivity index (χ1v) is 40.9. The Bertz CT molecular complexity index is 2330. The zero-order valence-corrected chi connectivity index (χ0v) is 49.2. The Morgan fingerprint density at radius 1 is 0.577 bits per heavy atom. The van der Waals surface area contributed by atoms with E-state index < -0.39 is 43.9 Å². The summed E-state index contributed by atoms with van der Waals surface area (Å²) in [6, 6.07) is 12.2. The number of hydrogen-bond donors (Lipinski definition) is 2. The Morgan fingerprint density at radius 2 is 0.944 bits per heavy atom. The van der Waals surface area contributed by atoms with Crippen LogP contribution in [0.4, 0.5) is 16.4 Å². The predicted octanol–water partition coefficient (Wildman–Crippen LogP) is 9.78. The maximum absolute atomic E-state index is 12.4. The molecule has 71 heavy (non-hydrogen) atoms. The number of amides is 3. The predicted molar refractivity (Wildman–Crippen MR) is 294 cm³/mol. The summed E-state index contributed by atoms with van der Waals surface area (Å²) in [7, 11) is -4.71. The molecular weight excluding hydrogens is 965 g/mol. The second-order valence-corrected chi connectivity index (χ2v) is 47.3. The third kappa shape index (κ3) is 17.4. The van der Waals surface area contributed by atoms with Crippen molar-refractivity contribution in [1.29, 1.82) is 0 Å². The fourth-order valence-corrected chi connectivity index (χ4v) is 11.8. The summed E-state index contributed by atoms with van der Waals surface area (Å²) < 4.78 is 28.3. The molecule has 0 atom stereocenters. The number of hydrogen-bond acceptors (Lipinski definition) is 13. The number of nitrogens with one attached hydrogen (secondary N) is 2. The van der Waals surface area contributed by atoms with E-state index in [0.717, 1.165) is 111 Å². The minimum absolute atomic E-state index is 0.187. The van der Waals surface area contributed by atoms with Crippen molar-refractivity contribution < 1.29 is 33.3 Å². The van der Waals surface area contributed by atoms with Gasteiger partial charge >= 0.3 is 6.03 Å². The summed E-state index contributed by atoms with van der Waals surface area (Å²) >= 11 is 0. The van der Waals surface area contributed by atoms with Crippen LogP contribution >= 0.6 is 0 Å². The van der Waals surface area contributed by atoms with Crippen LogP contribution in [-0.2, 0) is 28.5 Å². The first kappa shape index (κ1) is 56.5. The van der Waals surface area contributed by atoms with Gasteiger partial charge in [0.05, 0.1) is 12.4 Å². The maximum Gasteiger partial charge on any atom is 0.322 e. The van der Waals surface area contributed by atoms with Crippen molar-refractivity contribution in [1.82, 2.24) is 39.8 Å². The normalized spacial score (nSPS) is 19.3. The van der Waals surface area contributed by atoms with Gasteiger partial charge in [-0.1, -0.05) is 78.6 Å². The maximum atomic E-state index is 12.4. The number of nitrogens with zero attached hydrogens (tertiary/aromatic N) is 8. The lowest BCUT2D eigenvalue weighted by Gasteiger charge is -2.34. The van der Waals surface area contributed by atoms with Gasteiger partial charge in [-0.05, 0) is 62.7 Å². The largest absolute Gasteiger partial charge is 0.361 e. The van der Waals surface area contributed by atoms with E-state index in [9.17, 15) is 14.4 Å².